The van der Waals surface area contributed by atoms with Crippen molar-refractivity contribution in [2.75, 3.05) is 33.4 Å². The highest BCUT2D eigenvalue weighted by atomic mass is 19.4. The summed E-state index contributed by atoms with van der Waals surface area (Å²) in [5.74, 6) is -0.225. The third-order valence-corrected chi connectivity index (χ3v) is 5.36. The third kappa shape index (κ3) is 6.49. The Morgan fingerprint density at radius 1 is 1.22 bits per heavy atom. The lowest BCUT2D eigenvalue weighted by molar-refractivity contribution is -0.147. The molecule has 8 nitrogen and oxygen atoms in total. The molecule has 0 aliphatic carbocycles. The molecule has 0 radical (unpaired) electrons. The SMILES string of the molecule is CC(C)COC(=O)COc1ccc(C2CCN(C3NNC(C(F)(F)F)=NN3C)CC2)cc1. The van der Waals surface area contributed by atoms with Gasteiger partial charge < -0.3 is 9.47 Å². The van der Waals surface area contributed by atoms with E-state index in [4.69, 9.17) is 9.47 Å². The summed E-state index contributed by atoms with van der Waals surface area (Å²) in [5, 5.41) is 4.90. The van der Waals surface area contributed by atoms with E-state index in [0.717, 1.165) is 12.8 Å². The molecule has 2 N–H and O–H groups in total. The normalized spacial score (nSPS) is 20.7. The summed E-state index contributed by atoms with van der Waals surface area (Å²) in [7, 11) is 1.52. The average Bonchev–Trinajstić information content (AvgIpc) is 2.76. The molecular weight excluding hydrogens is 427 g/mol. The van der Waals surface area contributed by atoms with E-state index in [-0.39, 0.29) is 12.5 Å². The summed E-state index contributed by atoms with van der Waals surface area (Å²) in [4.78, 5) is 13.7. The minimum absolute atomic E-state index is 0.126. The molecule has 0 saturated carbocycles. The molecule has 2 aliphatic heterocycles. The second-order valence-corrected chi connectivity index (χ2v) is 8.41. The number of benzene rings is 1. The number of nitrogens with zero attached hydrogens (tertiary/aromatic N) is 3. The average molecular weight is 457 g/mol. The molecule has 1 aromatic rings. The zero-order valence-corrected chi connectivity index (χ0v) is 18.5. The molecule has 32 heavy (non-hydrogen) atoms. The van der Waals surface area contributed by atoms with Crippen molar-refractivity contribution >= 4 is 11.8 Å². The van der Waals surface area contributed by atoms with Crippen LogP contribution >= 0.6 is 0 Å². The molecule has 178 valence electrons. The molecule has 0 bridgehead atoms. The summed E-state index contributed by atoms with van der Waals surface area (Å²) in [6.07, 6.45) is -3.25. The van der Waals surface area contributed by atoms with Gasteiger partial charge in [0.2, 0.25) is 5.84 Å². The minimum Gasteiger partial charge on any atom is -0.482 e. The first-order valence-electron chi connectivity index (χ1n) is 10.7. The number of alkyl halides is 3. The fraction of sp³-hybridized carbons (Fsp3) is 0.619. The van der Waals surface area contributed by atoms with Crippen LogP contribution in [0, 0.1) is 5.92 Å². The summed E-state index contributed by atoms with van der Waals surface area (Å²) in [6.45, 7) is 5.61. The van der Waals surface area contributed by atoms with E-state index in [0.29, 0.717) is 31.4 Å². The predicted octanol–water partition coefficient (Wildman–Crippen LogP) is 2.64. The molecule has 1 fully saturated rings. The number of hydrogen-bond donors (Lipinski definition) is 2. The molecule has 3 rings (SSSR count). The Kier molecular flexibility index (Phi) is 7.83. The van der Waals surface area contributed by atoms with Crippen LogP contribution in [0.15, 0.2) is 29.4 Å². The highest BCUT2D eigenvalue weighted by molar-refractivity contribution is 5.87. The number of hydrazine groups is 1. The van der Waals surface area contributed by atoms with Crippen LogP contribution in [0.1, 0.15) is 38.2 Å². The Morgan fingerprint density at radius 2 is 1.88 bits per heavy atom. The number of nitrogens with one attached hydrogen (secondary N) is 2. The van der Waals surface area contributed by atoms with Crippen LogP contribution in [-0.2, 0) is 9.53 Å². The standard InChI is InChI=1S/C21H30F3N5O3/c1-14(2)12-32-18(30)13-31-17-6-4-15(5-7-17)16-8-10-29(11-9-16)20-26-25-19(21(22,23)24)27-28(20)3/h4-7,14,16,20,26H,8-13H2,1-3H3,(H,25,27). The number of carbonyl (C=O) groups is 1. The lowest BCUT2D eigenvalue weighted by Crippen LogP contribution is -2.65. The first-order chi connectivity index (χ1) is 15.1. The van der Waals surface area contributed by atoms with Gasteiger partial charge in [-0.05, 0) is 42.4 Å². The van der Waals surface area contributed by atoms with E-state index in [1.807, 2.05) is 38.1 Å². The number of hydrazone groups is 1. The van der Waals surface area contributed by atoms with Gasteiger partial charge in [0.05, 0.1) is 6.61 Å². The Bertz CT molecular complexity index is 793. The number of amidine groups is 1. The van der Waals surface area contributed by atoms with Crippen LogP contribution in [0.3, 0.4) is 0 Å². The molecule has 0 spiro atoms. The molecule has 0 amide bonds. The predicted molar refractivity (Wildman–Crippen MR) is 113 cm³/mol. The van der Waals surface area contributed by atoms with Crippen molar-refractivity contribution in [3.05, 3.63) is 29.8 Å². The van der Waals surface area contributed by atoms with Crippen molar-refractivity contribution in [1.82, 2.24) is 20.8 Å². The van der Waals surface area contributed by atoms with Crippen molar-refractivity contribution in [2.24, 2.45) is 11.0 Å². The number of esters is 1. The van der Waals surface area contributed by atoms with Gasteiger partial charge in [-0.3, -0.25) is 15.3 Å². The van der Waals surface area contributed by atoms with Crippen molar-refractivity contribution in [3.8, 4) is 5.75 Å². The van der Waals surface area contributed by atoms with Crippen LogP contribution in [0.2, 0.25) is 0 Å². The second-order valence-electron chi connectivity index (χ2n) is 8.41. The van der Waals surface area contributed by atoms with E-state index in [1.54, 1.807) is 0 Å². The maximum Gasteiger partial charge on any atom is 0.452 e. The molecule has 1 aromatic carbocycles. The van der Waals surface area contributed by atoms with Gasteiger partial charge in [0.1, 0.15) is 5.75 Å². The Morgan fingerprint density at radius 3 is 2.44 bits per heavy atom. The summed E-state index contributed by atoms with van der Waals surface area (Å²) >= 11 is 0. The second kappa shape index (κ2) is 10.4. The van der Waals surface area contributed by atoms with E-state index in [2.05, 4.69) is 20.9 Å². The van der Waals surface area contributed by atoms with E-state index in [9.17, 15) is 18.0 Å². The molecule has 0 aromatic heterocycles. The van der Waals surface area contributed by atoms with Crippen LogP contribution in [-0.4, -0.2) is 67.5 Å². The van der Waals surface area contributed by atoms with Crippen LogP contribution in [0.4, 0.5) is 13.2 Å². The molecule has 11 heteroatoms. The van der Waals surface area contributed by atoms with Gasteiger partial charge in [0.15, 0.2) is 12.9 Å². The van der Waals surface area contributed by atoms with Crippen molar-refractivity contribution in [1.29, 1.82) is 0 Å². The summed E-state index contributed by atoms with van der Waals surface area (Å²) in [5.41, 5.74) is 6.02. The van der Waals surface area contributed by atoms with Gasteiger partial charge in [0.25, 0.3) is 0 Å². The number of piperidine rings is 1. The lowest BCUT2D eigenvalue weighted by atomic mass is 9.89. The first-order valence-corrected chi connectivity index (χ1v) is 10.7. The van der Waals surface area contributed by atoms with E-state index >= 15 is 0 Å². The number of carbonyl (C=O) groups excluding carboxylic acids is 1. The van der Waals surface area contributed by atoms with Crippen LogP contribution in [0.5, 0.6) is 5.75 Å². The maximum atomic E-state index is 12.8. The fourth-order valence-electron chi connectivity index (χ4n) is 3.68. The van der Waals surface area contributed by atoms with Gasteiger partial charge in [-0.15, -0.1) is 0 Å². The monoisotopic (exact) mass is 457 g/mol. The number of hydrogen-bond acceptors (Lipinski definition) is 8. The molecular formula is C21H30F3N5O3. The van der Waals surface area contributed by atoms with Gasteiger partial charge in [-0.25, -0.2) is 4.79 Å². The highest BCUT2D eigenvalue weighted by Crippen LogP contribution is 2.30. The van der Waals surface area contributed by atoms with Gasteiger partial charge in [-0.1, -0.05) is 26.0 Å². The number of likely N-dealkylation sites (tertiary alicyclic amines) is 1. The Hall–Kier alpha value is -2.53. The summed E-state index contributed by atoms with van der Waals surface area (Å²) < 4.78 is 49.0. The third-order valence-electron chi connectivity index (χ3n) is 5.36. The number of rotatable bonds is 7. The molecule has 2 aliphatic rings. The number of halogens is 3. The first kappa shape index (κ1) is 24.1. The number of ether oxygens (including phenoxy) is 2. The van der Waals surface area contributed by atoms with Gasteiger partial charge in [-0.2, -0.15) is 23.7 Å². The summed E-state index contributed by atoms with van der Waals surface area (Å²) in [6, 6.07) is 7.65. The van der Waals surface area contributed by atoms with Gasteiger partial charge >= 0.3 is 12.1 Å². The molecule has 1 unspecified atom stereocenters. The van der Waals surface area contributed by atoms with Gasteiger partial charge in [0, 0.05) is 20.1 Å². The zero-order valence-electron chi connectivity index (χ0n) is 18.5. The van der Waals surface area contributed by atoms with Crippen LogP contribution in [0.25, 0.3) is 0 Å². The maximum absolute atomic E-state index is 12.8. The Balaban J connectivity index is 1.46. The molecule has 1 saturated heterocycles. The zero-order chi connectivity index (χ0) is 23.3. The van der Waals surface area contributed by atoms with Crippen molar-refractivity contribution < 1.29 is 27.4 Å². The Labute approximate surface area is 185 Å². The lowest BCUT2D eigenvalue weighted by Gasteiger charge is -2.43. The van der Waals surface area contributed by atoms with Crippen LogP contribution < -0.4 is 15.6 Å². The topological polar surface area (TPSA) is 78.4 Å². The highest BCUT2D eigenvalue weighted by Gasteiger charge is 2.41. The fourth-order valence-corrected chi connectivity index (χ4v) is 3.68. The van der Waals surface area contributed by atoms with Crippen molar-refractivity contribution in [3.63, 3.8) is 0 Å². The minimum atomic E-state index is -4.52. The smallest absolute Gasteiger partial charge is 0.452 e. The molecule has 1 atom stereocenters. The largest absolute Gasteiger partial charge is 0.482 e. The van der Waals surface area contributed by atoms with Crippen molar-refractivity contribution in [2.45, 2.75) is 45.1 Å². The molecule has 2 heterocycles. The van der Waals surface area contributed by atoms with E-state index < -0.39 is 24.3 Å². The quantitative estimate of drug-likeness (QED) is 0.610. The van der Waals surface area contributed by atoms with E-state index in [1.165, 1.54) is 17.6 Å².